The monoisotopic (exact) mass is 216 g/mol. The molecule has 1 saturated heterocycles. The Balaban J connectivity index is 2.25. The fourth-order valence-corrected chi connectivity index (χ4v) is 1.07. The molecule has 2 atom stereocenters. The van der Waals surface area contributed by atoms with Crippen LogP contribution in [0.1, 0.15) is 13.8 Å². The Labute approximate surface area is 88.1 Å². The number of carbonyl (C=O) groups excluding carboxylic acids is 2. The molecule has 0 spiro atoms. The first-order valence-corrected chi connectivity index (χ1v) is 4.87. The van der Waals surface area contributed by atoms with Crippen LogP contribution in [0, 0.1) is 5.92 Å². The van der Waals surface area contributed by atoms with Crippen LogP contribution < -0.4 is 11.1 Å². The van der Waals surface area contributed by atoms with Gasteiger partial charge in [-0.3, -0.25) is 4.79 Å². The number of hydrogen-bond donors (Lipinski definition) is 2. The van der Waals surface area contributed by atoms with E-state index in [1.807, 2.05) is 13.8 Å². The first-order chi connectivity index (χ1) is 7.00. The van der Waals surface area contributed by atoms with Crippen molar-refractivity contribution in [1.29, 1.82) is 0 Å². The molecule has 3 N–H and O–H groups in total. The van der Waals surface area contributed by atoms with Gasteiger partial charge >= 0.3 is 12.1 Å². The first-order valence-electron chi connectivity index (χ1n) is 4.87. The number of esters is 1. The Hall–Kier alpha value is -1.30. The van der Waals surface area contributed by atoms with Crippen molar-refractivity contribution >= 4 is 12.1 Å². The third-order valence-corrected chi connectivity index (χ3v) is 2.15. The molecule has 0 aromatic carbocycles. The normalized spacial score (nSPS) is 22.1. The second kappa shape index (κ2) is 4.97. The molecule has 1 amide bonds. The first kappa shape index (κ1) is 11.8. The summed E-state index contributed by atoms with van der Waals surface area (Å²) in [5.41, 5.74) is 5.57. The Kier molecular flexibility index (Phi) is 3.90. The standard InChI is InChI=1S/C9H16N2O4/c1-5(2)7(10)8(12)14-4-6-3-11-9(13)15-6/h5-7H,3-4,10H2,1-2H3,(H,11,13)/t6-,7-/m0/s1. The number of nitrogens with two attached hydrogens (primary N) is 1. The van der Waals surface area contributed by atoms with E-state index in [0.717, 1.165) is 0 Å². The van der Waals surface area contributed by atoms with Gasteiger partial charge in [0.1, 0.15) is 12.6 Å². The predicted octanol–water partition coefficient (Wildman–Crippen LogP) is -0.379. The minimum Gasteiger partial charge on any atom is -0.461 e. The van der Waals surface area contributed by atoms with Crippen molar-refractivity contribution in [1.82, 2.24) is 5.32 Å². The largest absolute Gasteiger partial charge is 0.461 e. The molecular weight excluding hydrogens is 200 g/mol. The van der Waals surface area contributed by atoms with E-state index in [1.54, 1.807) is 0 Å². The lowest BCUT2D eigenvalue weighted by atomic mass is 10.1. The number of cyclic esters (lactones) is 1. The number of hydrogen-bond acceptors (Lipinski definition) is 5. The van der Waals surface area contributed by atoms with Crippen molar-refractivity contribution in [3.05, 3.63) is 0 Å². The van der Waals surface area contributed by atoms with Gasteiger partial charge in [0, 0.05) is 0 Å². The van der Waals surface area contributed by atoms with E-state index >= 15 is 0 Å². The molecule has 0 bridgehead atoms. The molecule has 1 rings (SSSR count). The topological polar surface area (TPSA) is 90.7 Å². The molecule has 0 saturated carbocycles. The predicted molar refractivity (Wildman–Crippen MR) is 52.0 cm³/mol. The van der Waals surface area contributed by atoms with Crippen LogP contribution in [-0.2, 0) is 14.3 Å². The summed E-state index contributed by atoms with van der Waals surface area (Å²) in [6, 6.07) is -0.630. The van der Waals surface area contributed by atoms with Crippen molar-refractivity contribution in [3.63, 3.8) is 0 Å². The Morgan fingerprint density at radius 1 is 1.73 bits per heavy atom. The number of rotatable bonds is 4. The molecule has 0 unspecified atom stereocenters. The lowest BCUT2D eigenvalue weighted by Crippen LogP contribution is -2.38. The third kappa shape index (κ3) is 3.39. The molecule has 6 nitrogen and oxygen atoms in total. The zero-order chi connectivity index (χ0) is 11.4. The van der Waals surface area contributed by atoms with Crippen LogP contribution in [0.25, 0.3) is 0 Å². The molecule has 0 radical (unpaired) electrons. The summed E-state index contributed by atoms with van der Waals surface area (Å²) >= 11 is 0. The van der Waals surface area contributed by atoms with Crippen LogP contribution in [0.2, 0.25) is 0 Å². The van der Waals surface area contributed by atoms with Crippen molar-refractivity contribution in [2.45, 2.75) is 26.0 Å². The lowest BCUT2D eigenvalue weighted by molar-refractivity contribution is -0.148. The molecule has 86 valence electrons. The maximum atomic E-state index is 11.3. The van der Waals surface area contributed by atoms with E-state index in [1.165, 1.54) is 0 Å². The average molecular weight is 216 g/mol. The smallest absolute Gasteiger partial charge is 0.407 e. The lowest BCUT2D eigenvalue weighted by Gasteiger charge is -2.15. The maximum absolute atomic E-state index is 11.3. The fourth-order valence-electron chi connectivity index (χ4n) is 1.07. The van der Waals surface area contributed by atoms with Crippen molar-refractivity contribution in [3.8, 4) is 0 Å². The van der Waals surface area contributed by atoms with E-state index in [9.17, 15) is 9.59 Å². The molecule has 1 aliphatic heterocycles. The highest BCUT2D eigenvalue weighted by Crippen LogP contribution is 2.04. The van der Waals surface area contributed by atoms with Gasteiger partial charge in [0.25, 0.3) is 0 Å². The molecule has 1 heterocycles. The molecule has 0 aromatic rings. The van der Waals surface area contributed by atoms with Gasteiger partial charge in [0.05, 0.1) is 6.54 Å². The SMILES string of the molecule is CC(C)[C@H](N)C(=O)OC[C@@H]1CNC(=O)O1. The van der Waals surface area contributed by atoms with Gasteiger partial charge in [0.2, 0.25) is 0 Å². The van der Waals surface area contributed by atoms with Crippen LogP contribution in [0.5, 0.6) is 0 Å². The van der Waals surface area contributed by atoms with Crippen LogP contribution in [0.4, 0.5) is 4.79 Å². The Bertz CT molecular complexity index is 254. The van der Waals surface area contributed by atoms with E-state index in [-0.39, 0.29) is 12.5 Å². The highest BCUT2D eigenvalue weighted by Gasteiger charge is 2.25. The van der Waals surface area contributed by atoms with E-state index < -0.39 is 24.2 Å². The summed E-state index contributed by atoms with van der Waals surface area (Å²) in [5, 5.41) is 2.46. The van der Waals surface area contributed by atoms with Gasteiger partial charge < -0.3 is 20.5 Å². The summed E-state index contributed by atoms with van der Waals surface area (Å²) < 4.78 is 9.70. The minimum absolute atomic E-state index is 0.0294. The number of amides is 1. The van der Waals surface area contributed by atoms with E-state index in [0.29, 0.717) is 6.54 Å². The third-order valence-electron chi connectivity index (χ3n) is 2.15. The van der Waals surface area contributed by atoms with Crippen molar-refractivity contribution in [2.75, 3.05) is 13.2 Å². The second-order valence-electron chi connectivity index (χ2n) is 3.81. The number of nitrogens with one attached hydrogen (secondary N) is 1. The zero-order valence-corrected chi connectivity index (χ0v) is 8.86. The van der Waals surface area contributed by atoms with Gasteiger partial charge in [-0.05, 0) is 5.92 Å². The van der Waals surface area contributed by atoms with Crippen LogP contribution in [-0.4, -0.2) is 37.4 Å². The second-order valence-corrected chi connectivity index (χ2v) is 3.81. The number of carbonyl (C=O) groups is 2. The van der Waals surface area contributed by atoms with Gasteiger partial charge in [-0.2, -0.15) is 0 Å². The highest BCUT2D eigenvalue weighted by atomic mass is 16.6. The molecule has 6 heteroatoms. The highest BCUT2D eigenvalue weighted by molar-refractivity contribution is 5.75. The summed E-state index contributed by atoms with van der Waals surface area (Å²) in [7, 11) is 0. The van der Waals surface area contributed by atoms with Crippen molar-refractivity contribution < 1.29 is 19.1 Å². The summed E-state index contributed by atoms with van der Waals surface area (Å²) in [6.45, 7) is 4.09. The maximum Gasteiger partial charge on any atom is 0.407 e. The number of ether oxygens (including phenoxy) is 2. The van der Waals surface area contributed by atoms with E-state index in [2.05, 4.69) is 5.32 Å². The average Bonchev–Trinajstić information content (AvgIpc) is 2.59. The fraction of sp³-hybridized carbons (Fsp3) is 0.778. The molecule has 0 aliphatic carbocycles. The Morgan fingerprint density at radius 3 is 2.87 bits per heavy atom. The van der Waals surface area contributed by atoms with Gasteiger partial charge in [-0.25, -0.2) is 4.79 Å². The summed E-state index contributed by atoms with van der Waals surface area (Å²) in [4.78, 5) is 22.0. The minimum atomic E-state index is -0.630. The molecular formula is C9H16N2O4. The van der Waals surface area contributed by atoms with Gasteiger partial charge in [-0.15, -0.1) is 0 Å². The quantitative estimate of drug-likeness (QED) is 0.625. The number of alkyl carbamates (subject to hydrolysis) is 1. The van der Waals surface area contributed by atoms with Crippen LogP contribution in [0.15, 0.2) is 0 Å². The Morgan fingerprint density at radius 2 is 2.40 bits per heavy atom. The zero-order valence-electron chi connectivity index (χ0n) is 8.86. The molecule has 1 fully saturated rings. The van der Waals surface area contributed by atoms with Gasteiger partial charge in [-0.1, -0.05) is 13.8 Å². The molecule has 15 heavy (non-hydrogen) atoms. The van der Waals surface area contributed by atoms with Crippen LogP contribution in [0.3, 0.4) is 0 Å². The molecule has 0 aromatic heterocycles. The van der Waals surface area contributed by atoms with E-state index in [4.69, 9.17) is 15.2 Å². The van der Waals surface area contributed by atoms with Crippen LogP contribution >= 0.6 is 0 Å². The molecule has 1 aliphatic rings. The van der Waals surface area contributed by atoms with Gasteiger partial charge in [0.15, 0.2) is 6.10 Å². The van der Waals surface area contributed by atoms with Crippen molar-refractivity contribution in [2.24, 2.45) is 11.7 Å². The summed E-state index contributed by atoms with van der Waals surface area (Å²) in [5.74, 6) is -0.435. The summed E-state index contributed by atoms with van der Waals surface area (Å²) in [6.07, 6.45) is -0.884.